The number of nitrogens with one attached hydrogen (secondary N) is 2. The molecule has 0 aliphatic carbocycles. The van der Waals surface area contributed by atoms with Crippen LogP contribution in [0.3, 0.4) is 0 Å². The molecule has 2 atom stereocenters. The molecule has 0 aromatic heterocycles. The predicted octanol–water partition coefficient (Wildman–Crippen LogP) is 1.39. The van der Waals surface area contributed by atoms with E-state index in [1.807, 2.05) is 12.1 Å². The summed E-state index contributed by atoms with van der Waals surface area (Å²) in [5.41, 5.74) is 2.32. The van der Waals surface area contributed by atoms with Gasteiger partial charge in [0.05, 0.1) is 6.04 Å². The van der Waals surface area contributed by atoms with Gasteiger partial charge in [-0.05, 0) is 37.1 Å². The molecule has 1 aromatic rings. The number of fused-ring (bicyclic) bond motifs is 1. The summed E-state index contributed by atoms with van der Waals surface area (Å²) in [6, 6.07) is 8.92. The molecule has 0 amide bonds. The Morgan fingerprint density at radius 1 is 1.47 bits per heavy atom. The van der Waals surface area contributed by atoms with E-state index in [0.29, 0.717) is 5.78 Å². The summed E-state index contributed by atoms with van der Waals surface area (Å²) in [6.45, 7) is 1.90. The highest BCUT2D eigenvalue weighted by atomic mass is 16.1. The van der Waals surface area contributed by atoms with Crippen LogP contribution >= 0.6 is 0 Å². The Morgan fingerprint density at radius 3 is 3.18 bits per heavy atom. The van der Waals surface area contributed by atoms with Crippen molar-refractivity contribution in [1.82, 2.24) is 5.32 Å². The van der Waals surface area contributed by atoms with E-state index in [1.165, 1.54) is 5.56 Å². The predicted molar refractivity (Wildman–Crippen MR) is 67.0 cm³/mol. The molecule has 0 bridgehead atoms. The fraction of sp³-hybridized carbons (Fsp3) is 0.500. The van der Waals surface area contributed by atoms with Gasteiger partial charge in [0.1, 0.15) is 0 Å². The van der Waals surface area contributed by atoms with Gasteiger partial charge in [-0.25, -0.2) is 0 Å². The average Bonchev–Trinajstić information content (AvgIpc) is 2.82. The van der Waals surface area contributed by atoms with Crippen LogP contribution in [0, 0.1) is 12.0 Å². The molecule has 2 aliphatic heterocycles. The van der Waals surface area contributed by atoms with Gasteiger partial charge in [-0.15, -0.1) is 0 Å². The molecule has 1 saturated heterocycles. The minimum absolute atomic E-state index is 0.0225. The largest absolute Gasteiger partial charge is 0.375 e. The van der Waals surface area contributed by atoms with Crippen molar-refractivity contribution in [3.63, 3.8) is 0 Å². The maximum Gasteiger partial charge on any atom is 0.159 e. The van der Waals surface area contributed by atoms with Gasteiger partial charge in [-0.2, -0.15) is 0 Å². The first-order valence-corrected chi connectivity index (χ1v) is 6.34. The summed E-state index contributed by atoms with van der Waals surface area (Å²) in [7, 11) is 0. The molecule has 89 valence electrons. The molecule has 1 aromatic carbocycles. The molecule has 0 saturated carbocycles. The van der Waals surface area contributed by atoms with Gasteiger partial charge in [-0.1, -0.05) is 12.1 Å². The number of anilines is 1. The molecular formula is C14H17N2O. The molecule has 2 aliphatic rings. The number of benzene rings is 1. The number of Topliss-reactive ketones (excluding diaryl/α,β-unsaturated/α-hetero) is 1. The van der Waals surface area contributed by atoms with Gasteiger partial charge in [0, 0.05) is 24.6 Å². The van der Waals surface area contributed by atoms with Gasteiger partial charge in [0.15, 0.2) is 5.78 Å². The smallest absolute Gasteiger partial charge is 0.159 e. The zero-order valence-electron chi connectivity index (χ0n) is 9.83. The third kappa shape index (κ3) is 2.07. The summed E-state index contributed by atoms with van der Waals surface area (Å²) in [6.07, 6.45) is 2.98. The van der Waals surface area contributed by atoms with Gasteiger partial charge >= 0.3 is 0 Å². The molecule has 3 nitrogen and oxygen atoms in total. The third-order valence-electron chi connectivity index (χ3n) is 3.75. The van der Waals surface area contributed by atoms with Crippen molar-refractivity contribution in [2.45, 2.75) is 25.3 Å². The number of carbonyl (C=O) groups excluding carboxylic acids is 1. The summed E-state index contributed by atoms with van der Waals surface area (Å²) >= 11 is 0. The van der Waals surface area contributed by atoms with Crippen molar-refractivity contribution in [3.8, 4) is 0 Å². The molecule has 3 rings (SSSR count). The number of carbonyl (C=O) groups is 1. The van der Waals surface area contributed by atoms with E-state index in [2.05, 4.69) is 22.8 Å². The van der Waals surface area contributed by atoms with E-state index in [4.69, 9.17) is 0 Å². The minimum atomic E-state index is -0.0225. The minimum Gasteiger partial charge on any atom is -0.375 e. The standard InChI is InChI=1S/C14H17N2O/c17-14(11-5-3-7-15-9-11)13-8-10-4-1-2-6-12(10)16-13/h1,4,6,11,13,15-16H,3,5,7-9H2. The fourth-order valence-corrected chi connectivity index (χ4v) is 2.78. The van der Waals surface area contributed by atoms with E-state index in [9.17, 15) is 4.79 Å². The molecular weight excluding hydrogens is 212 g/mol. The van der Waals surface area contributed by atoms with Crippen LogP contribution in [-0.4, -0.2) is 24.9 Å². The van der Waals surface area contributed by atoms with Crippen molar-refractivity contribution in [3.05, 3.63) is 29.8 Å². The Balaban J connectivity index is 1.69. The topological polar surface area (TPSA) is 41.1 Å². The van der Waals surface area contributed by atoms with Crippen molar-refractivity contribution < 1.29 is 4.79 Å². The molecule has 1 fully saturated rings. The molecule has 17 heavy (non-hydrogen) atoms. The lowest BCUT2D eigenvalue weighted by atomic mass is 9.90. The lowest BCUT2D eigenvalue weighted by Gasteiger charge is -2.24. The Kier molecular flexibility index (Phi) is 2.85. The van der Waals surface area contributed by atoms with Crippen molar-refractivity contribution in [2.24, 2.45) is 5.92 Å². The molecule has 2 unspecified atom stereocenters. The van der Waals surface area contributed by atoms with Gasteiger partial charge in [-0.3, -0.25) is 4.79 Å². The monoisotopic (exact) mass is 229 g/mol. The highest BCUT2D eigenvalue weighted by molar-refractivity contribution is 5.91. The van der Waals surface area contributed by atoms with Crippen molar-refractivity contribution >= 4 is 11.5 Å². The normalized spacial score (nSPS) is 27.3. The van der Waals surface area contributed by atoms with Gasteiger partial charge < -0.3 is 10.6 Å². The Hall–Kier alpha value is -1.35. The summed E-state index contributed by atoms with van der Waals surface area (Å²) in [4.78, 5) is 12.4. The first kappa shape index (κ1) is 10.8. The SMILES string of the molecule is O=C(C1CCCNC1)C1Cc2cc[c]cc2N1. The zero-order valence-corrected chi connectivity index (χ0v) is 9.83. The van der Waals surface area contributed by atoms with Crippen LogP contribution in [0.1, 0.15) is 18.4 Å². The van der Waals surface area contributed by atoms with Gasteiger partial charge in [0.25, 0.3) is 0 Å². The van der Waals surface area contributed by atoms with Crippen LogP contribution in [0.2, 0.25) is 0 Å². The lowest BCUT2D eigenvalue weighted by Crippen LogP contribution is -2.41. The fourth-order valence-electron chi connectivity index (χ4n) is 2.78. The van der Waals surface area contributed by atoms with E-state index in [0.717, 1.165) is 38.0 Å². The second-order valence-corrected chi connectivity index (χ2v) is 4.93. The third-order valence-corrected chi connectivity index (χ3v) is 3.75. The maximum absolute atomic E-state index is 12.4. The van der Waals surface area contributed by atoms with Crippen molar-refractivity contribution in [2.75, 3.05) is 18.4 Å². The van der Waals surface area contributed by atoms with Crippen LogP contribution in [0.15, 0.2) is 18.2 Å². The summed E-state index contributed by atoms with van der Waals surface area (Å²) in [5, 5.41) is 6.63. The van der Waals surface area contributed by atoms with Gasteiger partial charge in [0.2, 0.25) is 0 Å². The Labute approximate surface area is 102 Å². The zero-order chi connectivity index (χ0) is 11.7. The molecule has 1 radical (unpaired) electrons. The second kappa shape index (κ2) is 4.49. The van der Waals surface area contributed by atoms with E-state index in [-0.39, 0.29) is 12.0 Å². The quantitative estimate of drug-likeness (QED) is 0.805. The Bertz CT molecular complexity index is 399. The van der Waals surface area contributed by atoms with E-state index in [1.54, 1.807) is 0 Å². The number of rotatable bonds is 2. The molecule has 0 spiro atoms. The van der Waals surface area contributed by atoms with Crippen LogP contribution < -0.4 is 10.6 Å². The number of piperidine rings is 1. The van der Waals surface area contributed by atoms with Crippen LogP contribution in [0.5, 0.6) is 0 Å². The number of hydrogen-bond donors (Lipinski definition) is 2. The average molecular weight is 229 g/mol. The molecule has 2 N–H and O–H groups in total. The lowest BCUT2D eigenvalue weighted by molar-refractivity contribution is -0.124. The Morgan fingerprint density at radius 2 is 2.41 bits per heavy atom. The first-order valence-electron chi connectivity index (χ1n) is 6.34. The highest BCUT2D eigenvalue weighted by Crippen LogP contribution is 2.27. The summed E-state index contributed by atoms with van der Waals surface area (Å²) < 4.78 is 0. The van der Waals surface area contributed by atoms with Crippen LogP contribution in [0.4, 0.5) is 5.69 Å². The van der Waals surface area contributed by atoms with E-state index >= 15 is 0 Å². The summed E-state index contributed by atoms with van der Waals surface area (Å²) in [5.74, 6) is 0.563. The number of ketones is 1. The molecule has 2 heterocycles. The van der Waals surface area contributed by atoms with Crippen LogP contribution in [0.25, 0.3) is 0 Å². The highest BCUT2D eigenvalue weighted by Gasteiger charge is 2.31. The van der Waals surface area contributed by atoms with Crippen molar-refractivity contribution in [1.29, 1.82) is 0 Å². The first-order chi connectivity index (χ1) is 8.34. The second-order valence-electron chi connectivity index (χ2n) is 4.93. The molecule has 3 heteroatoms. The van der Waals surface area contributed by atoms with E-state index < -0.39 is 0 Å². The maximum atomic E-state index is 12.4. The number of hydrogen-bond acceptors (Lipinski definition) is 3. The van der Waals surface area contributed by atoms with Crippen LogP contribution in [-0.2, 0) is 11.2 Å².